The number of hydrogen-bond donors (Lipinski definition) is 1. The minimum absolute atomic E-state index is 0. The van der Waals surface area contributed by atoms with E-state index in [1.54, 1.807) is 7.11 Å². The van der Waals surface area contributed by atoms with E-state index in [2.05, 4.69) is 16.3 Å². The minimum Gasteiger partial charge on any atom is -0.497 e. The number of halogens is 2. The first-order valence-electron chi connectivity index (χ1n) is 7.46. The van der Waals surface area contributed by atoms with Crippen LogP contribution < -0.4 is 10.1 Å². The summed E-state index contributed by atoms with van der Waals surface area (Å²) in [5.74, 6) is 0.889. The van der Waals surface area contributed by atoms with Crippen molar-refractivity contribution in [2.45, 2.75) is 25.8 Å². The molecule has 3 rings (SSSR count). The molecule has 2 saturated heterocycles. The van der Waals surface area contributed by atoms with E-state index in [0.29, 0.717) is 5.41 Å². The summed E-state index contributed by atoms with van der Waals surface area (Å²) in [7, 11) is 1.70. The lowest BCUT2D eigenvalue weighted by atomic mass is 9.78. The second kappa shape index (κ2) is 7.19. The maximum absolute atomic E-state index is 6.32. The third-order valence-electron chi connectivity index (χ3n) is 4.83. The molecule has 0 atom stereocenters. The van der Waals surface area contributed by atoms with Gasteiger partial charge in [0, 0.05) is 18.1 Å². The molecule has 118 valence electrons. The normalized spacial score (nSPS) is 21.2. The van der Waals surface area contributed by atoms with E-state index in [1.807, 2.05) is 12.1 Å². The van der Waals surface area contributed by atoms with Crippen LogP contribution in [-0.2, 0) is 6.54 Å². The number of nitrogens with zero attached hydrogens (tertiary/aromatic N) is 1. The van der Waals surface area contributed by atoms with Gasteiger partial charge >= 0.3 is 0 Å². The van der Waals surface area contributed by atoms with Crippen molar-refractivity contribution in [2.75, 3.05) is 33.3 Å². The van der Waals surface area contributed by atoms with Gasteiger partial charge in [0.1, 0.15) is 5.75 Å². The predicted molar refractivity (Wildman–Crippen MR) is 89.7 cm³/mol. The Kier molecular flexibility index (Phi) is 5.78. The lowest BCUT2D eigenvalue weighted by molar-refractivity contribution is 0.194. The molecule has 0 bridgehead atoms. The summed E-state index contributed by atoms with van der Waals surface area (Å²) in [4.78, 5) is 2.55. The van der Waals surface area contributed by atoms with E-state index in [1.165, 1.54) is 51.0 Å². The number of benzene rings is 1. The summed E-state index contributed by atoms with van der Waals surface area (Å²) in [6.07, 6.45) is 3.96. The second-order valence-corrected chi connectivity index (χ2v) is 6.58. The summed E-state index contributed by atoms with van der Waals surface area (Å²) >= 11 is 6.32. The Morgan fingerprint density at radius 1 is 1.29 bits per heavy atom. The molecule has 1 aromatic rings. The predicted octanol–water partition coefficient (Wildman–Crippen LogP) is 3.35. The second-order valence-electron chi connectivity index (χ2n) is 6.17. The Morgan fingerprint density at radius 2 is 2.05 bits per heavy atom. The lowest BCUT2D eigenvalue weighted by Gasteiger charge is -2.34. The number of methoxy groups -OCH3 is 1. The van der Waals surface area contributed by atoms with Gasteiger partial charge in [-0.15, -0.1) is 12.4 Å². The van der Waals surface area contributed by atoms with Crippen molar-refractivity contribution in [1.82, 2.24) is 10.2 Å². The molecule has 0 radical (unpaired) electrons. The fourth-order valence-electron chi connectivity index (χ4n) is 3.57. The zero-order chi connectivity index (χ0) is 14.0. The Labute approximate surface area is 138 Å². The number of ether oxygens (including phenoxy) is 1. The fourth-order valence-corrected chi connectivity index (χ4v) is 3.75. The SMILES string of the molecule is COc1ccc(Cl)c(CN2CCC3(CCNCC3)C2)c1.Cl. The van der Waals surface area contributed by atoms with Crippen molar-refractivity contribution in [1.29, 1.82) is 0 Å². The van der Waals surface area contributed by atoms with Crippen LogP contribution >= 0.6 is 24.0 Å². The lowest BCUT2D eigenvalue weighted by Crippen LogP contribution is -2.38. The fraction of sp³-hybridized carbons (Fsp3) is 0.625. The first kappa shape index (κ1) is 16.9. The molecule has 21 heavy (non-hydrogen) atoms. The number of likely N-dealkylation sites (tertiary alicyclic amines) is 1. The highest BCUT2D eigenvalue weighted by Crippen LogP contribution is 2.39. The molecule has 3 nitrogen and oxygen atoms in total. The Balaban J connectivity index is 0.00000161. The van der Waals surface area contributed by atoms with E-state index < -0.39 is 0 Å². The average Bonchev–Trinajstić information content (AvgIpc) is 2.84. The molecule has 1 spiro atoms. The molecular formula is C16H24Cl2N2O. The van der Waals surface area contributed by atoms with Crippen LogP contribution in [-0.4, -0.2) is 38.2 Å². The van der Waals surface area contributed by atoms with Crippen LogP contribution in [0.3, 0.4) is 0 Å². The van der Waals surface area contributed by atoms with Crippen LogP contribution in [0.15, 0.2) is 18.2 Å². The number of nitrogens with one attached hydrogen (secondary N) is 1. The molecule has 0 aliphatic carbocycles. The Morgan fingerprint density at radius 3 is 2.76 bits per heavy atom. The van der Waals surface area contributed by atoms with E-state index in [0.717, 1.165) is 17.3 Å². The molecule has 2 fully saturated rings. The monoisotopic (exact) mass is 330 g/mol. The topological polar surface area (TPSA) is 24.5 Å². The third kappa shape index (κ3) is 3.84. The van der Waals surface area contributed by atoms with Gasteiger partial charge in [-0.1, -0.05) is 11.6 Å². The van der Waals surface area contributed by atoms with Gasteiger partial charge in [-0.2, -0.15) is 0 Å². The molecule has 5 heteroatoms. The first-order chi connectivity index (χ1) is 9.71. The maximum Gasteiger partial charge on any atom is 0.119 e. The van der Waals surface area contributed by atoms with Gasteiger partial charge in [-0.25, -0.2) is 0 Å². The summed E-state index contributed by atoms with van der Waals surface area (Å²) in [5, 5.41) is 4.31. The smallest absolute Gasteiger partial charge is 0.119 e. The van der Waals surface area contributed by atoms with Crippen LogP contribution in [0.1, 0.15) is 24.8 Å². The first-order valence-corrected chi connectivity index (χ1v) is 7.84. The van der Waals surface area contributed by atoms with Gasteiger partial charge in [0.05, 0.1) is 7.11 Å². The zero-order valence-electron chi connectivity index (χ0n) is 12.5. The highest BCUT2D eigenvalue weighted by molar-refractivity contribution is 6.31. The summed E-state index contributed by atoms with van der Waals surface area (Å²) in [6.45, 7) is 5.68. The Bertz CT molecular complexity index is 475. The van der Waals surface area contributed by atoms with Crippen molar-refractivity contribution < 1.29 is 4.74 Å². The van der Waals surface area contributed by atoms with Gasteiger partial charge in [0.2, 0.25) is 0 Å². The van der Waals surface area contributed by atoms with Gasteiger partial charge in [-0.3, -0.25) is 4.90 Å². The van der Waals surface area contributed by atoms with Crippen molar-refractivity contribution in [3.05, 3.63) is 28.8 Å². The van der Waals surface area contributed by atoms with Crippen LogP contribution in [0.25, 0.3) is 0 Å². The molecule has 2 heterocycles. The Hall–Kier alpha value is -0.480. The number of piperidine rings is 1. The largest absolute Gasteiger partial charge is 0.497 e. The van der Waals surface area contributed by atoms with Gasteiger partial charge in [0.15, 0.2) is 0 Å². The molecule has 0 amide bonds. The standard InChI is InChI=1S/C16H23ClN2O.ClH/c1-20-14-2-3-15(17)13(10-14)11-19-9-6-16(12-19)4-7-18-8-5-16;/h2-3,10,18H,4-9,11-12H2,1H3;1H. The van der Waals surface area contributed by atoms with Crippen LogP contribution in [0.2, 0.25) is 5.02 Å². The van der Waals surface area contributed by atoms with Gasteiger partial charge in [0.25, 0.3) is 0 Å². The summed E-state index contributed by atoms with van der Waals surface area (Å²) in [6, 6.07) is 5.92. The van der Waals surface area contributed by atoms with Crippen molar-refractivity contribution >= 4 is 24.0 Å². The molecule has 0 aromatic heterocycles. The highest BCUT2D eigenvalue weighted by Gasteiger charge is 2.38. The summed E-state index contributed by atoms with van der Waals surface area (Å²) < 4.78 is 5.30. The van der Waals surface area contributed by atoms with Crippen molar-refractivity contribution in [3.63, 3.8) is 0 Å². The van der Waals surface area contributed by atoms with E-state index in [9.17, 15) is 0 Å². The molecule has 0 saturated carbocycles. The molecule has 2 aliphatic rings. The van der Waals surface area contributed by atoms with E-state index in [-0.39, 0.29) is 12.4 Å². The van der Waals surface area contributed by atoms with Gasteiger partial charge < -0.3 is 10.1 Å². The van der Waals surface area contributed by atoms with Crippen LogP contribution in [0.5, 0.6) is 5.75 Å². The zero-order valence-corrected chi connectivity index (χ0v) is 14.1. The molecule has 2 aliphatic heterocycles. The van der Waals surface area contributed by atoms with Crippen molar-refractivity contribution in [2.24, 2.45) is 5.41 Å². The number of hydrogen-bond acceptors (Lipinski definition) is 3. The molecule has 1 N–H and O–H groups in total. The molecule has 0 unspecified atom stereocenters. The molecule has 1 aromatic carbocycles. The van der Waals surface area contributed by atoms with Crippen LogP contribution in [0, 0.1) is 5.41 Å². The number of rotatable bonds is 3. The van der Waals surface area contributed by atoms with Crippen LogP contribution in [0.4, 0.5) is 0 Å². The van der Waals surface area contributed by atoms with E-state index >= 15 is 0 Å². The van der Waals surface area contributed by atoms with E-state index in [4.69, 9.17) is 16.3 Å². The van der Waals surface area contributed by atoms with Gasteiger partial charge in [-0.05, 0) is 68.1 Å². The highest BCUT2D eigenvalue weighted by atomic mass is 35.5. The quantitative estimate of drug-likeness (QED) is 0.919. The minimum atomic E-state index is 0. The molecular weight excluding hydrogens is 307 g/mol. The maximum atomic E-state index is 6.32. The van der Waals surface area contributed by atoms with Crippen molar-refractivity contribution in [3.8, 4) is 5.75 Å². The third-order valence-corrected chi connectivity index (χ3v) is 5.20. The summed E-state index contributed by atoms with van der Waals surface area (Å²) in [5.41, 5.74) is 1.73. The average molecular weight is 331 g/mol.